The molecule has 0 spiro atoms. The molecule has 4 unspecified atom stereocenters. The zero-order valence-corrected chi connectivity index (χ0v) is 26.7. The van der Waals surface area contributed by atoms with Crippen molar-refractivity contribution in [2.24, 2.45) is 11.5 Å². The molecule has 0 aliphatic rings. The molecule has 0 saturated heterocycles. The smallest absolute Gasteiger partial charge is 0.326 e. The number of para-hydroxylation sites is 2. The fraction of sp³-hybridized carbons (Fsp3) is 0.394. The summed E-state index contributed by atoms with van der Waals surface area (Å²) in [5, 5.41) is 19.8. The molecule has 4 aromatic rings. The molecular formula is C33H43N7O5S. The van der Waals surface area contributed by atoms with Crippen LogP contribution in [0.1, 0.15) is 36.8 Å². The number of aliphatic carboxylic acids is 1. The quantitative estimate of drug-likeness (QED) is 0.0748. The molecule has 2 heterocycles. The van der Waals surface area contributed by atoms with Crippen LogP contribution in [0, 0.1) is 0 Å². The van der Waals surface area contributed by atoms with E-state index in [0.717, 1.165) is 32.9 Å². The molecule has 12 nitrogen and oxygen atoms in total. The monoisotopic (exact) mass is 649 g/mol. The maximum absolute atomic E-state index is 13.8. The minimum absolute atomic E-state index is 0.0972. The molecule has 0 saturated carbocycles. The Morgan fingerprint density at radius 1 is 0.761 bits per heavy atom. The van der Waals surface area contributed by atoms with E-state index >= 15 is 0 Å². The molecule has 2 aromatic carbocycles. The average molecular weight is 650 g/mol. The van der Waals surface area contributed by atoms with E-state index in [1.165, 1.54) is 11.8 Å². The normalized spacial score (nSPS) is 14.0. The Morgan fingerprint density at radius 3 is 1.89 bits per heavy atom. The van der Waals surface area contributed by atoms with Crippen molar-refractivity contribution in [3.8, 4) is 0 Å². The Hall–Kier alpha value is -4.33. The topological polar surface area (TPSA) is 208 Å². The van der Waals surface area contributed by atoms with Gasteiger partial charge in [0.05, 0.1) is 6.04 Å². The second-order valence-corrected chi connectivity index (χ2v) is 12.3. The first kappa shape index (κ1) is 34.5. The Kier molecular flexibility index (Phi) is 12.6. The molecule has 0 aliphatic heterocycles. The van der Waals surface area contributed by atoms with Crippen LogP contribution in [0.5, 0.6) is 0 Å². The lowest BCUT2D eigenvalue weighted by Crippen LogP contribution is -2.57. The highest BCUT2D eigenvalue weighted by Gasteiger charge is 2.31. The van der Waals surface area contributed by atoms with Gasteiger partial charge in [-0.05, 0) is 73.9 Å². The van der Waals surface area contributed by atoms with Crippen molar-refractivity contribution < 1.29 is 24.3 Å². The van der Waals surface area contributed by atoms with Crippen molar-refractivity contribution >= 4 is 57.3 Å². The Labute approximate surface area is 271 Å². The van der Waals surface area contributed by atoms with Crippen LogP contribution in [0.25, 0.3) is 21.8 Å². The summed E-state index contributed by atoms with van der Waals surface area (Å²) < 4.78 is 0. The van der Waals surface area contributed by atoms with E-state index in [2.05, 4.69) is 25.9 Å². The highest BCUT2D eigenvalue weighted by molar-refractivity contribution is 7.98. The summed E-state index contributed by atoms with van der Waals surface area (Å²) in [6.07, 6.45) is 7.49. The molecule has 246 valence electrons. The van der Waals surface area contributed by atoms with Crippen molar-refractivity contribution in [3.63, 3.8) is 0 Å². The number of unbranched alkanes of at least 4 members (excludes halogenated alkanes) is 1. The summed E-state index contributed by atoms with van der Waals surface area (Å²) in [5.41, 5.74) is 15.5. The second-order valence-electron chi connectivity index (χ2n) is 11.3. The van der Waals surface area contributed by atoms with Gasteiger partial charge in [0, 0.05) is 40.6 Å². The van der Waals surface area contributed by atoms with Crippen LogP contribution in [0.4, 0.5) is 0 Å². The highest BCUT2D eigenvalue weighted by Crippen LogP contribution is 2.21. The molecule has 2 aromatic heterocycles. The van der Waals surface area contributed by atoms with Gasteiger partial charge in [0.1, 0.15) is 18.1 Å². The Morgan fingerprint density at radius 2 is 1.30 bits per heavy atom. The van der Waals surface area contributed by atoms with Crippen molar-refractivity contribution in [3.05, 3.63) is 72.1 Å². The number of thioether (sulfide) groups is 1. The van der Waals surface area contributed by atoms with Crippen LogP contribution in [-0.4, -0.2) is 81.5 Å². The van der Waals surface area contributed by atoms with Gasteiger partial charge < -0.3 is 42.5 Å². The molecule has 0 fully saturated rings. The van der Waals surface area contributed by atoms with Crippen LogP contribution >= 0.6 is 11.8 Å². The molecule has 13 heteroatoms. The molecule has 0 aliphatic carbocycles. The van der Waals surface area contributed by atoms with Crippen molar-refractivity contribution in [2.45, 2.75) is 62.7 Å². The van der Waals surface area contributed by atoms with Crippen LogP contribution in [-0.2, 0) is 32.0 Å². The maximum atomic E-state index is 13.8. The SMILES string of the molecule is CSCCC(NC(=O)C(Cc1c[nH]c2ccccc12)NC(=O)C(CCCCN)NC(=O)C(N)Cc1c[nH]c2ccccc12)C(=O)O. The van der Waals surface area contributed by atoms with Crippen molar-refractivity contribution in [1.29, 1.82) is 0 Å². The van der Waals surface area contributed by atoms with Crippen molar-refractivity contribution in [1.82, 2.24) is 25.9 Å². The number of carboxylic acid groups (broad SMARTS) is 1. The number of hydrogen-bond acceptors (Lipinski definition) is 7. The largest absolute Gasteiger partial charge is 0.480 e. The first-order valence-corrected chi connectivity index (χ1v) is 16.8. The van der Waals surface area contributed by atoms with Crippen molar-refractivity contribution in [2.75, 3.05) is 18.6 Å². The van der Waals surface area contributed by atoms with E-state index in [9.17, 15) is 24.3 Å². The summed E-state index contributed by atoms with van der Waals surface area (Å²) in [6, 6.07) is 11.1. The Balaban J connectivity index is 1.52. The number of carbonyl (C=O) groups is 4. The summed E-state index contributed by atoms with van der Waals surface area (Å²) in [6.45, 7) is 0.417. The number of aromatic amines is 2. The highest BCUT2D eigenvalue weighted by atomic mass is 32.2. The fourth-order valence-electron chi connectivity index (χ4n) is 5.44. The average Bonchev–Trinajstić information content (AvgIpc) is 3.65. The first-order chi connectivity index (χ1) is 22.2. The number of H-pyrrole nitrogens is 2. The summed E-state index contributed by atoms with van der Waals surface area (Å²) in [4.78, 5) is 58.9. The summed E-state index contributed by atoms with van der Waals surface area (Å²) in [7, 11) is 0. The standard InChI is InChI=1S/C33H43N7O5S/c1-46-15-13-28(33(44)45)39-32(43)29(17-21-19-37-26-11-5-3-9-23(21)26)40-31(42)27(12-6-7-14-34)38-30(41)24(35)16-20-18-36-25-10-4-2-8-22(20)25/h2-5,8-11,18-19,24,27-29,36-37H,6-7,12-17,34-35H2,1H3,(H,38,41)(H,39,43)(H,40,42)(H,44,45). The number of aromatic nitrogens is 2. The van der Waals surface area contributed by atoms with Gasteiger partial charge in [0.2, 0.25) is 17.7 Å². The summed E-state index contributed by atoms with van der Waals surface area (Å²) >= 11 is 1.47. The van der Waals surface area contributed by atoms with Gasteiger partial charge in [0.25, 0.3) is 0 Å². The van der Waals surface area contributed by atoms with E-state index in [1.807, 2.05) is 61.0 Å². The van der Waals surface area contributed by atoms with E-state index in [0.29, 0.717) is 25.1 Å². The van der Waals surface area contributed by atoms with E-state index in [1.54, 1.807) is 6.20 Å². The van der Waals surface area contributed by atoms with Gasteiger partial charge in [-0.3, -0.25) is 14.4 Å². The predicted molar refractivity (Wildman–Crippen MR) is 181 cm³/mol. The number of benzene rings is 2. The third-order valence-corrected chi connectivity index (χ3v) is 8.63. The number of rotatable bonds is 18. The lowest BCUT2D eigenvalue weighted by atomic mass is 10.0. The zero-order chi connectivity index (χ0) is 33.1. The minimum atomic E-state index is -1.16. The second kappa shape index (κ2) is 16.8. The van der Waals surface area contributed by atoms with Gasteiger partial charge in [-0.15, -0.1) is 0 Å². The van der Waals surface area contributed by atoms with Crippen LogP contribution in [0.15, 0.2) is 60.9 Å². The van der Waals surface area contributed by atoms with Crippen LogP contribution in [0.3, 0.4) is 0 Å². The third-order valence-electron chi connectivity index (χ3n) is 7.99. The lowest BCUT2D eigenvalue weighted by Gasteiger charge is -2.25. The molecular weight excluding hydrogens is 606 g/mol. The number of nitrogens with two attached hydrogens (primary N) is 2. The number of fused-ring (bicyclic) bond motifs is 2. The third kappa shape index (κ3) is 9.12. The molecule has 0 bridgehead atoms. The molecule has 46 heavy (non-hydrogen) atoms. The Bertz CT molecular complexity index is 1640. The molecule has 0 radical (unpaired) electrons. The fourth-order valence-corrected chi connectivity index (χ4v) is 5.91. The predicted octanol–water partition coefficient (Wildman–Crippen LogP) is 2.18. The van der Waals surface area contributed by atoms with E-state index in [4.69, 9.17) is 11.5 Å². The zero-order valence-electron chi connectivity index (χ0n) is 25.9. The van der Waals surface area contributed by atoms with E-state index < -0.39 is 47.9 Å². The first-order valence-electron chi connectivity index (χ1n) is 15.4. The number of carboxylic acids is 1. The molecule has 4 rings (SSSR count). The van der Waals surface area contributed by atoms with Gasteiger partial charge in [-0.1, -0.05) is 36.4 Å². The number of nitrogens with one attached hydrogen (secondary N) is 5. The van der Waals surface area contributed by atoms with Crippen LogP contribution < -0.4 is 27.4 Å². The number of carbonyl (C=O) groups excluding carboxylic acids is 3. The van der Waals surface area contributed by atoms with Gasteiger partial charge in [-0.2, -0.15) is 11.8 Å². The number of hydrogen-bond donors (Lipinski definition) is 8. The van der Waals surface area contributed by atoms with Gasteiger partial charge >= 0.3 is 5.97 Å². The molecule has 4 atom stereocenters. The molecule has 10 N–H and O–H groups in total. The summed E-state index contributed by atoms with van der Waals surface area (Å²) in [5.74, 6) is -2.32. The van der Waals surface area contributed by atoms with Crippen LogP contribution in [0.2, 0.25) is 0 Å². The van der Waals surface area contributed by atoms with Gasteiger partial charge in [0.15, 0.2) is 0 Å². The molecule has 3 amide bonds. The minimum Gasteiger partial charge on any atom is -0.480 e. The lowest BCUT2D eigenvalue weighted by molar-refractivity contribution is -0.142. The maximum Gasteiger partial charge on any atom is 0.326 e. The van der Waals surface area contributed by atoms with Gasteiger partial charge in [-0.25, -0.2) is 4.79 Å². The van der Waals surface area contributed by atoms with E-state index in [-0.39, 0.29) is 25.7 Å². The number of amides is 3.